The molecule has 4 nitrogen and oxygen atoms in total. The highest BCUT2D eigenvalue weighted by Gasteiger charge is 2.16. The van der Waals surface area contributed by atoms with Crippen LogP contribution in [0.1, 0.15) is 30.5 Å². The Hall–Kier alpha value is -1.91. The van der Waals surface area contributed by atoms with E-state index in [9.17, 15) is 4.79 Å². The maximum atomic E-state index is 12.3. The van der Waals surface area contributed by atoms with Gasteiger partial charge >= 0.3 is 0 Å². The van der Waals surface area contributed by atoms with Gasteiger partial charge in [-0.05, 0) is 49.2 Å². The van der Waals surface area contributed by atoms with Crippen LogP contribution in [0.2, 0.25) is 10.0 Å². The van der Waals surface area contributed by atoms with Crippen molar-refractivity contribution in [2.24, 2.45) is 0 Å². The lowest BCUT2D eigenvalue weighted by Gasteiger charge is -2.18. The highest BCUT2D eigenvalue weighted by Crippen LogP contribution is 2.29. The van der Waals surface area contributed by atoms with Crippen molar-refractivity contribution in [3.05, 3.63) is 57.6 Å². The first-order valence-corrected chi connectivity index (χ1v) is 8.66. The average molecular weight is 382 g/mol. The normalized spacial score (nSPS) is 11.7. The fraction of sp³-hybridized carbons (Fsp3) is 0.316. The highest BCUT2D eigenvalue weighted by atomic mass is 35.5. The van der Waals surface area contributed by atoms with E-state index in [2.05, 4.69) is 5.32 Å². The van der Waals surface area contributed by atoms with Crippen LogP contribution >= 0.6 is 23.2 Å². The lowest BCUT2D eigenvalue weighted by molar-refractivity contribution is -0.121. The molecular formula is C19H21Cl2NO3. The van der Waals surface area contributed by atoms with Gasteiger partial charge in [-0.25, -0.2) is 0 Å². The molecule has 0 aliphatic carbocycles. The van der Waals surface area contributed by atoms with E-state index in [0.29, 0.717) is 34.4 Å². The van der Waals surface area contributed by atoms with E-state index < -0.39 is 0 Å². The van der Waals surface area contributed by atoms with Crippen molar-refractivity contribution in [3.63, 3.8) is 0 Å². The summed E-state index contributed by atoms with van der Waals surface area (Å²) in [6.45, 7) is 1.90. The van der Waals surface area contributed by atoms with Gasteiger partial charge in [0.2, 0.25) is 5.91 Å². The number of hydrogen-bond donors (Lipinski definition) is 1. The van der Waals surface area contributed by atoms with Gasteiger partial charge in [-0.2, -0.15) is 0 Å². The van der Waals surface area contributed by atoms with Crippen molar-refractivity contribution in [2.45, 2.75) is 25.8 Å². The minimum absolute atomic E-state index is 0.0895. The first-order chi connectivity index (χ1) is 12.0. The van der Waals surface area contributed by atoms with E-state index in [1.54, 1.807) is 32.4 Å². The summed E-state index contributed by atoms with van der Waals surface area (Å²) < 4.78 is 10.6. The summed E-state index contributed by atoms with van der Waals surface area (Å²) in [4.78, 5) is 12.3. The summed E-state index contributed by atoms with van der Waals surface area (Å²) in [6.07, 6.45) is 0.770. The molecule has 0 radical (unpaired) electrons. The number of ether oxygens (including phenoxy) is 2. The predicted octanol–water partition coefficient (Wildman–Crippen LogP) is 4.82. The first-order valence-electron chi connectivity index (χ1n) is 7.90. The van der Waals surface area contributed by atoms with Crippen LogP contribution < -0.4 is 14.8 Å². The zero-order valence-corrected chi connectivity index (χ0v) is 15.9. The molecule has 1 atom stereocenters. The number of rotatable bonds is 7. The molecule has 0 fully saturated rings. The number of carbonyl (C=O) groups excluding carboxylic acids is 1. The van der Waals surface area contributed by atoms with Gasteiger partial charge in [0.25, 0.3) is 0 Å². The van der Waals surface area contributed by atoms with Crippen LogP contribution in [0, 0.1) is 0 Å². The van der Waals surface area contributed by atoms with Crippen LogP contribution in [-0.2, 0) is 11.2 Å². The second kappa shape index (κ2) is 8.97. The van der Waals surface area contributed by atoms with Crippen molar-refractivity contribution in [3.8, 4) is 11.5 Å². The standard InChI is InChI=1S/C19H21Cl2NO3/c1-12(15-11-13(24-2)7-9-18(15)25-3)22-19(23)10-8-14-16(20)5-4-6-17(14)21/h4-7,9,11-12H,8,10H2,1-3H3,(H,22,23)/t12-/m0/s1. The van der Waals surface area contributed by atoms with Gasteiger partial charge in [0, 0.05) is 22.0 Å². The van der Waals surface area contributed by atoms with Crippen LogP contribution in [0.5, 0.6) is 11.5 Å². The topological polar surface area (TPSA) is 47.6 Å². The molecule has 0 spiro atoms. The van der Waals surface area contributed by atoms with Gasteiger partial charge in [-0.1, -0.05) is 29.3 Å². The number of benzene rings is 2. The zero-order chi connectivity index (χ0) is 18.4. The molecule has 0 bridgehead atoms. The van der Waals surface area contributed by atoms with Gasteiger partial charge in [-0.3, -0.25) is 4.79 Å². The third-order valence-electron chi connectivity index (χ3n) is 3.94. The maximum Gasteiger partial charge on any atom is 0.220 e. The van der Waals surface area contributed by atoms with Gasteiger partial charge in [0.1, 0.15) is 11.5 Å². The lowest BCUT2D eigenvalue weighted by Crippen LogP contribution is -2.27. The molecule has 134 valence electrons. The van der Waals surface area contributed by atoms with Crippen LogP contribution in [0.4, 0.5) is 0 Å². The maximum absolute atomic E-state index is 12.3. The van der Waals surface area contributed by atoms with Crippen molar-refractivity contribution in [2.75, 3.05) is 14.2 Å². The average Bonchev–Trinajstić information content (AvgIpc) is 2.60. The summed E-state index contributed by atoms with van der Waals surface area (Å²) in [7, 11) is 3.20. The number of hydrogen-bond acceptors (Lipinski definition) is 3. The molecule has 0 saturated heterocycles. The van der Waals surface area contributed by atoms with Crippen molar-refractivity contribution >= 4 is 29.1 Å². The minimum atomic E-state index is -0.223. The molecule has 0 aliphatic heterocycles. The summed E-state index contributed by atoms with van der Waals surface area (Å²) in [6, 6.07) is 10.6. The fourth-order valence-electron chi connectivity index (χ4n) is 2.58. The van der Waals surface area contributed by atoms with E-state index in [1.165, 1.54) is 0 Å². The molecule has 2 rings (SSSR count). The summed E-state index contributed by atoms with van der Waals surface area (Å²) in [5.74, 6) is 1.32. The number of carbonyl (C=O) groups is 1. The van der Waals surface area contributed by atoms with E-state index in [4.69, 9.17) is 32.7 Å². The second-order valence-corrected chi connectivity index (χ2v) is 6.41. The summed E-state index contributed by atoms with van der Waals surface area (Å²) >= 11 is 12.3. The number of halogens is 2. The lowest BCUT2D eigenvalue weighted by atomic mass is 10.1. The van der Waals surface area contributed by atoms with Crippen molar-refractivity contribution < 1.29 is 14.3 Å². The molecule has 2 aromatic carbocycles. The Kier molecular flexibility index (Phi) is 6.97. The monoisotopic (exact) mass is 381 g/mol. The van der Waals surface area contributed by atoms with Crippen molar-refractivity contribution in [1.82, 2.24) is 5.32 Å². The van der Waals surface area contributed by atoms with Crippen LogP contribution in [0.25, 0.3) is 0 Å². The highest BCUT2D eigenvalue weighted by molar-refractivity contribution is 6.36. The quantitative estimate of drug-likeness (QED) is 0.747. The molecule has 25 heavy (non-hydrogen) atoms. The Morgan fingerprint density at radius 2 is 1.80 bits per heavy atom. The molecule has 0 saturated carbocycles. The second-order valence-electron chi connectivity index (χ2n) is 5.60. The van der Waals surface area contributed by atoms with Gasteiger partial charge in [0.05, 0.1) is 20.3 Å². The molecule has 0 aromatic heterocycles. The fourth-order valence-corrected chi connectivity index (χ4v) is 3.17. The largest absolute Gasteiger partial charge is 0.497 e. The van der Waals surface area contributed by atoms with E-state index in [0.717, 1.165) is 11.1 Å². The molecule has 6 heteroatoms. The number of amides is 1. The Morgan fingerprint density at radius 3 is 2.40 bits per heavy atom. The summed E-state index contributed by atoms with van der Waals surface area (Å²) in [5, 5.41) is 4.11. The van der Waals surface area contributed by atoms with Gasteiger partial charge < -0.3 is 14.8 Å². The van der Waals surface area contributed by atoms with Crippen LogP contribution in [-0.4, -0.2) is 20.1 Å². The minimum Gasteiger partial charge on any atom is -0.497 e. The van der Waals surface area contributed by atoms with Gasteiger partial charge in [-0.15, -0.1) is 0 Å². The number of nitrogens with one attached hydrogen (secondary N) is 1. The SMILES string of the molecule is COc1ccc(OC)c([C@H](C)NC(=O)CCc2c(Cl)cccc2Cl)c1. The molecular weight excluding hydrogens is 361 g/mol. The van der Waals surface area contributed by atoms with Gasteiger partial charge in [0.15, 0.2) is 0 Å². The van der Waals surface area contributed by atoms with Crippen LogP contribution in [0.15, 0.2) is 36.4 Å². The Morgan fingerprint density at radius 1 is 1.12 bits per heavy atom. The van der Waals surface area contributed by atoms with E-state index in [-0.39, 0.29) is 11.9 Å². The first kappa shape index (κ1) is 19.4. The third-order valence-corrected chi connectivity index (χ3v) is 4.65. The molecule has 0 aliphatic rings. The number of methoxy groups -OCH3 is 2. The molecule has 2 aromatic rings. The van der Waals surface area contributed by atoms with E-state index >= 15 is 0 Å². The molecule has 0 heterocycles. The summed E-state index contributed by atoms with van der Waals surface area (Å²) in [5.41, 5.74) is 1.64. The Balaban J connectivity index is 2.03. The van der Waals surface area contributed by atoms with Crippen LogP contribution in [0.3, 0.4) is 0 Å². The van der Waals surface area contributed by atoms with Crippen molar-refractivity contribution in [1.29, 1.82) is 0 Å². The smallest absolute Gasteiger partial charge is 0.220 e. The Bertz CT molecular complexity index is 729. The molecule has 1 amide bonds. The van der Waals surface area contributed by atoms with E-state index in [1.807, 2.05) is 25.1 Å². The zero-order valence-electron chi connectivity index (χ0n) is 14.4. The predicted molar refractivity (Wildman–Crippen MR) is 101 cm³/mol. The Labute approximate surface area is 158 Å². The third kappa shape index (κ3) is 5.03. The molecule has 1 N–H and O–H groups in total. The molecule has 0 unspecified atom stereocenters.